The summed E-state index contributed by atoms with van der Waals surface area (Å²) in [6.07, 6.45) is 0. The molecule has 90 valence electrons. The van der Waals surface area contributed by atoms with Crippen molar-refractivity contribution in [1.82, 2.24) is 4.90 Å². The minimum atomic E-state index is 0.424. The maximum atomic E-state index is 5.35. The van der Waals surface area contributed by atoms with E-state index >= 15 is 0 Å². The van der Waals surface area contributed by atoms with Gasteiger partial charge >= 0.3 is 0 Å². The van der Waals surface area contributed by atoms with E-state index in [0.29, 0.717) is 6.54 Å². The molecule has 2 N–H and O–H groups in total. The van der Waals surface area contributed by atoms with Gasteiger partial charge in [-0.25, -0.2) is 0 Å². The molecule has 2 nitrogen and oxygen atoms in total. The van der Waals surface area contributed by atoms with Gasteiger partial charge < -0.3 is 5.73 Å². The Hall–Kier alpha value is -0.950. The smallest absolute Gasteiger partial charge is 0.0555 e. The van der Waals surface area contributed by atoms with Crippen LogP contribution < -0.4 is 5.73 Å². The second-order valence-corrected chi connectivity index (χ2v) is 5.32. The van der Waals surface area contributed by atoms with Crippen molar-refractivity contribution in [2.24, 2.45) is 5.73 Å². The lowest BCUT2D eigenvalue weighted by molar-refractivity contribution is 0.294. The average Bonchev–Trinajstić information content (AvgIpc) is 2.39. The summed E-state index contributed by atoms with van der Waals surface area (Å²) < 4.78 is 0. The second kappa shape index (κ2) is 6.70. The van der Waals surface area contributed by atoms with Crippen molar-refractivity contribution in [2.45, 2.75) is 6.54 Å². The van der Waals surface area contributed by atoms with Crippen LogP contribution in [-0.4, -0.2) is 36.0 Å². The minimum absolute atomic E-state index is 0.424. The quantitative estimate of drug-likeness (QED) is 0.803. The van der Waals surface area contributed by atoms with E-state index in [1.54, 1.807) is 0 Å². The van der Waals surface area contributed by atoms with Crippen molar-refractivity contribution in [3.63, 3.8) is 0 Å². The second-order valence-electron chi connectivity index (χ2n) is 4.09. The molecule has 1 heterocycles. The van der Waals surface area contributed by atoms with E-state index in [1.807, 2.05) is 11.8 Å². The highest BCUT2D eigenvalue weighted by atomic mass is 32.2. The first kappa shape index (κ1) is 12.5. The molecule has 1 aliphatic heterocycles. The number of hydrogen-bond acceptors (Lipinski definition) is 3. The Morgan fingerprint density at radius 2 is 1.88 bits per heavy atom. The Bertz CT molecular complexity index is 396. The van der Waals surface area contributed by atoms with E-state index in [-0.39, 0.29) is 0 Å². The van der Waals surface area contributed by atoms with Crippen LogP contribution in [0.3, 0.4) is 0 Å². The van der Waals surface area contributed by atoms with Crippen LogP contribution in [0.15, 0.2) is 24.3 Å². The molecule has 1 aromatic rings. The van der Waals surface area contributed by atoms with Gasteiger partial charge in [0, 0.05) is 36.7 Å². The van der Waals surface area contributed by atoms with E-state index in [4.69, 9.17) is 5.73 Å². The Kier molecular flexibility index (Phi) is 4.93. The van der Waals surface area contributed by atoms with Crippen LogP contribution in [0.25, 0.3) is 0 Å². The lowest BCUT2D eigenvalue weighted by Crippen LogP contribution is -2.31. The summed E-state index contributed by atoms with van der Waals surface area (Å²) in [5.41, 5.74) is 7.77. The Morgan fingerprint density at radius 3 is 2.53 bits per heavy atom. The van der Waals surface area contributed by atoms with Crippen LogP contribution in [-0.2, 0) is 6.54 Å². The molecule has 0 bridgehead atoms. The largest absolute Gasteiger partial charge is 0.320 e. The van der Waals surface area contributed by atoms with Gasteiger partial charge in [0.25, 0.3) is 0 Å². The van der Waals surface area contributed by atoms with Gasteiger partial charge in [0.1, 0.15) is 0 Å². The van der Waals surface area contributed by atoms with Crippen LogP contribution in [0.1, 0.15) is 11.1 Å². The van der Waals surface area contributed by atoms with Gasteiger partial charge in [-0.3, -0.25) is 4.90 Å². The highest BCUT2D eigenvalue weighted by molar-refractivity contribution is 7.99. The molecule has 3 heteroatoms. The maximum Gasteiger partial charge on any atom is 0.0555 e. The number of thioether (sulfide) groups is 1. The van der Waals surface area contributed by atoms with Crippen molar-refractivity contribution < 1.29 is 0 Å². The van der Waals surface area contributed by atoms with Crippen molar-refractivity contribution in [3.05, 3.63) is 35.4 Å². The standard InChI is InChI=1S/C14H18N2S/c15-7-1-2-13-3-5-14(6-4-13)12-16-8-10-17-11-9-16/h3-6H,7-12,15H2. The van der Waals surface area contributed by atoms with Crippen LogP contribution in [0.5, 0.6) is 0 Å². The summed E-state index contributed by atoms with van der Waals surface area (Å²) in [4.78, 5) is 2.51. The molecule has 0 amide bonds. The SMILES string of the molecule is NCC#Cc1ccc(CN2CCSCC2)cc1. The third-order valence-electron chi connectivity index (χ3n) is 2.80. The lowest BCUT2D eigenvalue weighted by atomic mass is 10.1. The van der Waals surface area contributed by atoms with Gasteiger partial charge in [-0.1, -0.05) is 24.0 Å². The first-order valence-corrected chi connectivity index (χ1v) is 7.12. The zero-order valence-corrected chi connectivity index (χ0v) is 10.8. The molecule has 1 saturated heterocycles. The fraction of sp³-hybridized carbons (Fsp3) is 0.429. The van der Waals surface area contributed by atoms with Crippen LogP contribution >= 0.6 is 11.8 Å². The van der Waals surface area contributed by atoms with E-state index in [9.17, 15) is 0 Å². The van der Waals surface area contributed by atoms with Crippen molar-refractivity contribution >= 4 is 11.8 Å². The van der Waals surface area contributed by atoms with E-state index in [1.165, 1.54) is 30.2 Å². The Labute approximate surface area is 108 Å². The van der Waals surface area contributed by atoms with Gasteiger partial charge in [-0.2, -0.15) is 11.8 Å². The fourth-order valence-corrected chi connectivity index (χ4v) is 2.84. The highest BCUT2D eigenvalue weighted by Gasteiger charge is 2.10. The summed E-state index contributed by atoms with van der Waals surface area (Å²) >= 11 is 2.05. The zero-order valence-electron chi connectivity index (χ0n) is 9.98. The number of rotatable bonds is 2. The predicted molar refractivity (Wildman–Crippen MR) is 75.0 cm³/mol. The summed E-state index contributed by atoms with van der Waals surface area (Å²) in [5.74, 6) is 8.44. The van der Waals surface area contributed by atoms with Crippen molar-refractivity contribution in [3.8, 4) is 11.8 Å². The summed E-state index contributed by atoms with van der Waals surface area (Å²) in [7, 11) is 0. The van der Waals surface area contributed by atoms with Crippen molar-refractivity contribution in [1.29, 1.82) is 0 Å². The highest BCUT2D eigenvalue weighted by Crippen LogP contribution is 2.13. The Morgan fingerprint density at radius 1 is 1.18 bits per heavy atom. The van der Waals surface area contributed by atoms with Crippen molar-refractivity contribution in [2.75, 3.05) is 31.1 Å². The van der Waals surface area contributed by atoms with Gasteiger partial charge in [0.15, 0.2) is 0 Å². The molecule has 0 radical (unpaired) electrons. The van der Waals surface area contributed by atoms with E-state index in [0.717, 1.165) is 12.1 Å². The molecule has 0 aliphatic carbocycles. The fourth-order valence-electron chi connectivity index (χ4n) is 1.86. The first-order valence-electron chi connectivity index (χ1n) is 5.96. The summed E-state index contributed by atoms with van der Waals surface area (Å²) in [6, 6.07) is 8.50. The summed E-state index contributed by atoms with van der Waals surface area (Å²) in [6.45, 7) is 3.90. The molecular weight excluding hydrogens is 228 g/mol. The number of nitrogens with two attached hydrogens (primary N) is 1. The van der Waals surface area contributed by atoms with Gasteiger partial charge in [-0.05, 0) is 17.7 Å². The van der Waals surface area contributed by atoms with Crippen LogP contribution in [0.2, 0.25) is 0 Å². The molecule has 0 unspecified atom stereocenters. The van der Waals surface area contributed by atoms with Gasteiger partial charge in [-0.15, -0.1) is 0 Å². The van der Waals surface area contributed by atoms with Crippen LogP contribution in [0, 0.1) is 11.8 Å². The molecule has 0 aromatic heterocycles. The first-order chi connectivity index (χ1) is 8.38. The maximum absolute atomic E-state index is 5.35. The van der Waals surface area contributed by atoms with E-state index < -0.39 is 0 Å². The van der Waals surface area contributed by atoms with Gasteiger partial charge in [0.2, 0.25) is 0 Å². The molecule has 0 atom stereocenters. The zero-order chi connectivity index (χ0) is 11.9. The molecule has 0 saturated carbocycles. The number of nitrogens with zero attached hydrogens (tertiary/aromatic N) is 1. The third-order valence-corrected chi connectivity index (χ3v) is 3.74. The number of hydrogen-bond donors (Lipinski definition) is 1. The minimum Gasteiger partial charge on any atom is -0.320 e. The normalized spacial score (nSPS) is 16.3. The Balaban J connectivity index is 1.93. The third kappa shape index (κ3) is 4.08. The molecular formula is C14H18N2S. The molecule has 0 spiro atoms. The molecule has 17 heavy (non-hydrogen) atoms. The summed E-state index contributed by atoms with van der Waals surface area (Å²) in [5, 5.41) is 0. The molecule has 1 aliphatic rings. The molecule has 2 rings (SSSR count). The topological polar surface area (TPSA) is 29.3 Å². The number of benzene rings is 1. The van der Waals surface area contributed by atoms with Gasteiger partial charge in [0.05, 0.1) is 6.54 Å². The lowest BCUT2D eigenvalue weighted by Gasteiger charge is -2.26. The average molecular weight is 246 g/mol. The molecule has 1 fully saturated rings. The monoisotopic (exact) mass is 246 g/mol. The van der Waals surface area contributed by atoms with Crippen LogP contribution in [0.4, 0.5) is 0 Å². The van der Waals surface area contributed by atoms with E-state index in [2.05, 4.69) is 41.0 Å². The molecule has 1 aromatic carbocycles. The predicted octanol–water partition coefficient (Wildman–Crippen LogP) is 1.55.